The Bertz CT molecular complexity index is 567. The van der Waals surface area contributed by atoms with Crippen LogP contribution in [0.2, 0.25) is 0 Å². The highest BCUT2D eigenvalue weighted by Crippen LogP contribution is 2.35. The molecule has 2 aromatic rings. The molecule has 18 heavy (non-hydrogen) atoms. The molecule has 4 heteroatoms. The van der Waals surface area contributed by atoms with Crippen LogP contribution in [0.1, 0.15) is 11.1 Å². The fourth-order valence-corrected chi connectivity index (χ4v) is 2.95. The van der Waals surface area contributed by atoms with E-state index in [4.69, 9.17) is 4.74 Å². The number of halogens is 3. The topological polar surface area (TPSA) is 9.23 Å². The van der Waals surface area contributed by atoms with Crippen LogP contribution in [0.3, 0.4) is 0 Å². The van der Waals surface area contributed by atoms with Gasteiger partial charge in [-0.3, -0.25) is 0 Å². The molecule has 0 aliphatic carbocycles. The summed E-state index contributed by atoms with van der Waals surface area (Å²) in [6.07, 6.45) is 0. The predicted octanol–water partition coefficient (Wildman–Crippen LogP) is 6.21. The second-order valence-electron chi connectivity index (χ2n) is 3.93. The van der Waals surface area contributed by atoms with E-state index in [2.05, 4.69) is 54.7 Å². The summed E-state index contributed by atoms with van der Waals surface area (Å²) in [5.41, 5.74) is 2.40. The van der Waals surface area contributed by atoms with Crippen molar-refractivity contribution in [3.8, 4) is 11.5 Å². The Balaban J connectivity index is 2.28. The highest BCUT2D eigenvalue weighted by Gasteiger charge is 2.06. The van der Waals surface area contributed by atoms with Gasteiger partial charge in [-0.15, -0.1) is 0 Å². The quantitative estimate of drug-likeness (QED) is 0.522. The molecule has 94 valence electrons. The Morgan fingerprint density at radius 2 is 1.56 bits per heavy atom. The van der Waals surface area contributed by atoms with E-state index < -0.39 is 0 Å². The first kappa shape index (κ1) is 14.1. The highest BCUT2D eigenvalue weighted by atomic mass is 79.9. The third-order valence-corrected chi connectivity index (χ3v) is 4.34. The molecule has 2 rings (SSSR count). The maximum atomic E-state index is 5.89. The summed E-state index contributed by atoms with van der Waals surface area (Å²) in [5.74, 6) is 1.62. The van der Waals surface area contributed by atoms with Crippen LogP contribution in [0.25, 0.3) is 0 Å². The zero-order valence-electron chi connectivity index (χ0n) is 9.71. The molecule has 0 amide bonds. The zero-order chi connectivity index (χ0) is 13.1. The summed E-state index contributed by atoms with van der Waals surface area (Å²) < 4.78 is 7.79. The van der Waals surface area contributed by atoms with E-state index in [0.29, 0.717) is 0 Å². The van der Waals surface area contributed by atoms with Gasteiger partial charge >= 0.3 is 0 Å². The summed E-state index contributed by atoms with van der Waals surface area (Å²) >= 11 is 10.5. The number of benzene rings is 2. The molecule has 0 spiro atoms. The summed E-state index contributed by atoms with van der Waals surface area (Å²) in [5, 5.41) is 0.833. The molecular weight excluding hydrogens is 424 g/mol. The van der Waals surface area contributed by atoms with E-state index in [-0.39, 0.29) is 0 Å². The van der Waals surface area contributed by atoms with Gasteiger partial charge in [0.1, 0.15) is 11.5 Å². The van der Waals surface area contributed by atoms with Crippen molar-refractivity contribution >= 4 is 47.8 Å². The van der Waals surface area contributed by atoms with Crippen LogP contribution in [0, 0.1) is 6.92 Å². The second-order valence-corrected chi connectivity index (χ2v) is 6.20. The molecule has 0 bridgehead atoms. The van der Waals surface area contributed by atoms with Gasteiger partial charge in [-0.1, -0.05) is 28.1 Å². The molecule has 0 aliphatic heterocycles. The van der Waals surface area contributed by atoms with Gasteiger partial charge < -0.3 is 4.74 Å². The fourth-order valence-electron chi connectivity index (χ4n) is 1.52. The van der Waals surface area contributed by atoms with Crippen molar-refractivity contribution in [2.75, 3.05) is 0 Å². The molecule has 0 heterocycles. The number of hydrogen-bond acceptors (Lipinski definition) is 1. The fraction of sp³-hybridized carbons (Fsp3) is 0.143. The van der Waals surface area contributed by atoms with Gasteiger partial charge in [-0.05, 0) is 74.2 Å². The smallest absolute Gasteiger partial charge is 0.141 e. The first-order valence-corrected chi connectivity index (χ1v) is 8.09. The van der Waals surface area contributed by atoms with E-state index in [1.165, 1.54) is 11.1 Å². The molecule has 1 nitrogen and oxygen atoms in total. The van der Waals surface area contributed by atoms with Crippen LogP contribution < -0.4 is 4.74 Å². The molecule has 0 unspecified atom stereocenters. The molecule has 0 aliphatic rings. The number of ether oxygens (including phenoxy) is 1. The lowest BCUT2D eigenvalue weighted by atomic mass is 10.2. The maximum absolute atomic E-state index is 5.89. The molecule has 0 N–H and O–H groups in total. The van der Waals surface area contributed by atoms with E-state index >= 15 is 0 Å². The minimum absolute atomic E-state index is 0.809. The minimum Gasteiger partial charge on any atom is -0.455 e. The lowest BCUT2D eigenvalue weighted by Crippen LogP contribution is -1.88. The summed E-state index contributed by atoms with van der Waals surface area (Å²) in [4.78, 5) is 0. The van der Waals surface area contributed by atoms with Crippen molar-refractivity contribution in [2.45, 2.75) is 12.3 Å². The Hall–Kier alpha value is -0.320. The molecule has 0 fully saturated rings. The number of rotatable bonds is 3. The van der Waals surface area contributed by atoms with Crippen molar-refractivity contribution < 1.29 is 4.74 Å². The van der Waals surface area contributed by atoms with E-state index in [0.717, 1.165) is 25.8 Å². The van der Waals surface area contributed by atoms with Gasteiger partial charge in [-0.2, -0.15) is 0 Å². The Labute approximate surface area is 132 Å². The molecular formula is C14H11Br3O. The first-order chi connectivity index (χ1) is 8.60. The van der Waals surface area contributed by atoms with Crippen LogP contribution >= 0.6 is 47.8 Å². The van der Waals surface area contributed by atoms with Crippen molar-refractivity contribution in [3.63, 3.8) is 0 Å². The van der Waals surface area contributed by atoms with E-state index in [9.17, 15) is 0 Å². The van der Waals surface area contributed by atoms with Crippen LogP contribution in [0.5, 0.6) is 11.5 Å². The lowest BCUT2D eigenvalue weighted by molar-refractivity contribution is 0.476. The molecule has 0 saturated heterocycles. The average molecular weight is 435 g/mol. The Morgan fingerprint density at radius 3 is 2.11 bits per heavy atom. The van der Waals surface area contributed by atoms with Gasteiger partial charge in [0.15, 0.2) is 0 Å². The SMILES string of the molecule is Cc1ccc(Oc2ccc(CBr)cc2Br)c(Br)c1. The molecule has 0 aromatic heterocycles. The summed E-state index contributed by atoms with van der Waals surface area (Å²) in [6.45, 7) is 2.05. The number of hydrogen-bond donors (Lipinski definition) is 0. The number of alkyl halides is 1. The third kappa shape index (κ3) is 3.37. The normalized spacial score (nSPS) is 10.4. The summed E-state index contributed by atoms with van der Waals surface area (Å²) in [6, 6.07) is 12.1. The molecule has 0 saturated carbocycles. The van der Waals surface area contributed by atoms with Crippen LogP contribution in [0.4, 0.5) is 0 Å². The van der Waals surface area contributed by atoms with Crippen molar-refractivity contribution in [1.29, 1.82) is 0 Å². The Morgan fingerprint density at radius 1 is 0.944 bits per heavy atom. The molecule has 0 radical (unpaired) electrons. The highest BCUT2D eigenvalue weighted by molar-refractivity contribution is 9.11. The monoisotopic (exact) mass is 432 g/mol. The largest absolute Gasteiger partial charge is 0.455 e. The molecule has 0 atom stereocenters. The van der Waals surface area contributed by atoms with Gasteiger partial charge in [0.2, 0.25) is 0 Å². The first-order valence-electron chi connectivity index (χ1n) is 5.38. The van der Waals surface area contributed by atoms with Crippen LogP contribution in [-0.4, -0.2) is 0 Å². The zero-order valence-corrected chi connectivity index (χ0v) is 14.5. The van der Waals surface area contributed by atoms with Crippen LogP contribution in [-0.2, 0) is 5.33 Å². The predicted molar refractivity (Wildman–Crippen MR) is 85.7 cm³/mol. The van der Waals surface area contributed by atoms with Gasteiger partial charge in [-0.25, -0.2) is 0 Å². The molecule has 2 aromatic carbocycles. The van der Waals surface area contributed by atoms with E-state index in [1.807, 2.05) is 36.4 Å². The van der Waals surface area contributed by atoms with Crippen molar-refractivity contribution in [2.24, 2.45) is 0 Å². The second kappa shape index (κ2) is 6.22. The van der Waals surface area contributed by atoms with Crippen molar-refractivity contribution in [1.82, 2.24) is 0 Å². The van der Waals surface area contributed by atoms with E-state index in [1.54, 1.807) is 0 Å². The average Bonchev–Trinajstić information content (AvgIpc) is 2.34. The number of aryl methyl sites for hydroxylation is 1. The minimum atomic E-state index is 0.809. The van der Waals surface area contributed by atoms with Gasteiger partial charge in [0.05, 0.1) is 8.95 Å². The van der Waals surface area contributed by atoms with Gasteiger partial charge in [0, 0.05) is 5.33 Å². The maximum Gasteiger partial charge on any atom is 0.141 e. The standard InChI is InChI=1S/C14H11Br3O/c1-9-2-4-13(11(16)6-9)18-14-5-3-10(8-15)7-12(14)17/h2-7H,8H2,1H3. The summed E-state index contributed by atoms with van der Waals surface area (Å²) in [7, 11) is 0. The third-order valence-electron chi connectivity index (χ3n) is 2.46. The van der Waals surface area contributed by atoms with Crippen molar-refractivity contribution in [3.05, 3.63) is 56.5 Å². The van der Waals surface area contributed by atoms with Crippen LogP contribution in [0.15, 0.2) is 45.3 Å². The Kier molecular flexibility index (Phi) is 4.87. The lowest BCUT2D eigenvalue weighted by Gasteiger charge is -2.10. The van der Waals surface area contributed by atoms with Gasteiger partial charge in [0.25, 0.3) is 0 Å².